The Morgan fingerprint density at radius 2 is 1.97 bits per heavy atom. The van der Waals surface area contributed by atoms with Gasteiger partial charge in [-0.25, -0.2) is 14.0 Å². The maximum Gasteiger partial charge on any atom is 0.407 e. The molecule has 2 aromatic heterocycles. The van der Waals surface area contributed by atoms with Gasteiger partial charge in [0, 0.05) is 44.4 Å². The molecule has 2 atom stereocenters. The fourth-order valence-electron chi connectivity index (χ4n) is 3.87. The highest BCUT2D eigenvalue weighted by molar-refractivity contribution is 7.18. The minimum atomic E-state index is -0.725. The number of aromatic nitrogens is 1. The molecule has 4 rings (SSSR count). The molecule has 0 saturated carbocycles. The molecule has 1 saturated heterocycles. The fourth-order valence-corrected chi connectivity index (χ4v) is 4.83. The molecule has 1 aliphatic heterocycles. The van der Waals surface area contributed by atoms with Crippen LogP contribution >= 0.6 is 22.9 Å². The van der Waals surface area contributed by atoms with E-state index in [-0.39, 0.29) is 36.8 Å². The van der Waals surface area contributed by atoms with E-state index in [1.165, 1.54) is 40.9 Å². The van der Waals surface area contributed by atoms with Gasteiger partial charge in [-0.05, 0) is 30.3 Å². The second-order valence-corrected chi connectivity index (χ2v) is 9.89. The lowest BCUT2D eigenvalue weighted by Gasteiger charge is -2.18. The summed E-state index contributed by atoms with van der Waals surface area (Å²) in [6.45, 7) is 0.330. The summed E-state index contributed by atoms with van der Waals surface area (Å²) in [4.78, 5) is 51.0. The van der Waals surface area contributed by atoms with E-state index < -0.39 is 30.0 Å². The summed E-state index contributed by atoms with van der Waals surface area (Å²) in [6, 6.07) is 11.2. The lowest BCUT2D eigenvalue weighted by molar-refractivity contribution is 0.0800. The Hall–Kier alpha value is -3.90. The zero-order chi connectivity index (χ0) is 26.5. The van der Waals surface area contributed by atoms with E-state index >= 15 is 0 Å². The van der Waals surface area contributed by atoms with Gasteiger partial charge in [-0.1, -0.05) is 17.7 Å². The molecule has 3 heterocycles. The van der Waals surface area contributed by atoms with Gasteiger partial charge in [-0.3, -0.25) is 14.2 Å². The Morgan fingerprint density at radius 1 is 1.16 bits per heavy atom. The molecule has 0 aliphatic carbocycles. The Morgan fingerprint density at radius 3 is 2.65 bits per heavy atom. The van der Waals surface area contributed by atoms with Crippen molar-refractivity contribution in [2.45, 2.75) is 6.10 Å². The normalized spacial score (nSPS) is 16.8. The molecule has 1 unspecified atom stereocenters. The Bertz CT molecular complexity index is 1380. The van der Waals surface area contributed by atoms with Gasteiger partial charge in [0.25, 0.3) is 11.5 Å². The highest BCUT2D eigenvalue weighted by atomic mass is 35.5. The van der Waals surface area contributed by atoms with Gasteiger partial charge in [-0.2, -0.15) is 0 Å². The summed E-state index contributed by atoms with van der Waals surface area (Å²) >= 11 is 7.02. The highest BCUT2D eigenvalue weighted by Crippen LogP contribution is 2.24. The lowest BCUT2D eigenvalue weighted by Crippen LogP contribution is -2.37. The minimum absolute atomic E-state index is 0.0454. The van der Waals surface area contributed by atoms with Gasteiger partial charge in [-0.15, -0.1) is 11.3 Å². The van der Waals surface area contributed by atoms with Gasteiger partial charge in [0.1, 0.15) is 11.9 Å². The molecule has 37 heavy (non-hydrogen) atoms. The van der Waals surface area contributed by atoms with Crippen LogP contribution in [0, 0.1) is 11.7 Å². The number of anilines is 1. The molecule has 3 aromatic rings. The largest absolute Gasteiger partial charge is 0.444 e. The van der Waals surface area contributed by atoms with Crippen LogP contribution in [0.2, 0.25) is 4.34 Å². The number of hydrogen-bond donors (Lipinski definition) is 3. The van der Waals surface area contributed by atoms with Crippen molar-refractivity contribution in [3.8, 4) is 5.69 Å². The molecule has 0 spiro atoms. The van der Waals surface area contributed by atoms with Gasteiger partial charge in [0.05, 0.1) is 27.1 Å². The highest BCUT2D eigenvalue weighted by Gasteiger charge is 2.38. The first-order chi connectivity index (χ1) is 17.7. The number of nitrogens with one attached hydrogen (secondary N) is 3. The Balaban J connectivity index is 1.42. The molecule has 1 aromatic carbocycles. The van der Waals surface area contributed by atoms with E-state index in [1.54, 1.807) is 24.3 Å². The predicted octanol–water partition coefficient (Wildman–Crippen LogP) is 3.31. The van der Waals surface area contributed by atoms with Crippen molar-refractivity contribution < 1.29 is 23.5 Å². The molecule has 194 valence electrons. The standard InChI is InChI=1S/C24H23ClFN5O5S/c1-27-24(35)36-18-13-30(12-14(18)11-28-22(33)19-7-8-20(25)37-19)23(34)29-17-6-5-15(10-16(17)26)31-9-3-2-4-21(31)32/h2-10,14,18H,11-13H2,1H3,(H,27,35)(H,28,33)(H,29,34)/t14?,18-/m0/s1. The Kier molecular flexibility index (Phi) is 8.09. The van der Waals surface area contributed by atoms with Crippen LogP contribution in [0.4, 0.5) is 19.7 Å². The first-order valence-electron chi connectivity index (χ1n) is 11.2. The fraction of sp³-hybridized carbons (Fsp3) is 0.250. The maximum atomic E-state index is 14.8. The topological polar surface area (TPSA) is 122 Å². The van der Waals surface area contributed by atoms with Crippen LogP contribution in [0.5, 0.6) is 0 Å². The summed E-state index contributed by atoms with van der Waals surface area (Å²) in [5.74, 6) is -1.46. The van der Waals surface area contributed by atoms with Crippen LogP contribution in [-0.4, -0.2) is 60.3 Å². The summed E-state index contributed by atoms with van der Waals surface area (Å²) in [7, 11) is 1.41. The molecule has 4 amide bonds. The lowest BCUT2D eigenvalue weighted by atomic mass is 10.1. The molecule has 1 fully saturated rings. The summed E-state index contributed by atoms with van der Waals surface area (Å²) in [6.07, 6.45) is 0.138. The number of amides is 4. The third kappa shape index (κ3) is 6.27. The number of urea groups is 1. The Labute approximate surface area is 220 Å². The zero-order valence-electron chi connectivity index (χ0n) is 19.6. The number of nitrogens with zero attached hydrogens (tertiary/aromatic N) is 2. The van der Waals surface area contributed by atoms with Crippen LogP contribution in [0.15, 0.2) is 59.5 Å². The van der Waals surface area contributed by atoms with E-state index in [2.05, 4.69) is 16.0 Å². The van der Waals surface area contributed by atoms with Crippen molar-refractivity contribution >= 4 is 46.7 Å². The van der Waals surface area contributed by atoms with Gasteiger partial charge in [0.15, 0.2) is 0 Å². The van der Waals surface area contributed by atoms with E-state index in [9.17, 15) is 23.6 Å². The second kappa shape index (κ2) is 11.4. The van der Waals surface area contributed by atoms with Gasteiger partial charge >= 0.3 is 12.1 Å². The molecule has 0 radical (unpaired) electrons. The number of likely N-dealkylation sites (tertiary alicyclic amines) is 1. The first-order valence-corrected chi connectivity index (χ1v) is 12.4. The van der Waals surface area contributed by atoms with E-state index in [0.29, 0.717) is 14.9 Å². The van der Waals surface area contributed by atoms with Crippen molar-refractivity contribution in [1.29, 1.82) is 0 Å². The van der Waals surface area contributed by atoms with E-state index in [0.717, 1.165) is 17.4 Å². The number of pyridine rings is 1. The number of thiophene rings is 1. The summed E-state index contributed by atoms with van der Waals surface area (Å²) in [5.41, 5.74) is -0.0878. The third-order valence-corrected chi connectivity index (χ3v) is 6.98. The van der Waals surface area contributed by atoms with E-state index in [4.69, 9.17) is 16.3 Å². The van der Waals surface area contributed by atoms with Crippen LogP contribution in [-0.2, 0) is 4.74 Å². The number of carbonyl (C=O) groups is 3. The number of benzene rings is 1. The third-order valence-electron chi connectivity index (χ3n) is 5.75. The monoisotopic (exact) mass is 547 g/mol. The smallest absolute Gasteiger partial charge is 0.407 e. The molecule has 1 aliphatic rings. The molecular formula is C24H23ClFN5O5S. The molecule has 10 nitrogen and oxygen atoms in total. The number of carbonyl (C=O) groups excluding carboxylic acids is 3. The molecular weight excluding hydrogens is 525 g/mol. The summed E-state index contributed by atoms with van der Waals surface area (Å²) in [5, 5.41) is 7.66. The minimum Gasteiger partial charge on any atom is -0.444 e. The number of rotatable bonds is 6. The van der Waals surface area contributed by atoms with Crippen molar-refractivity contribution in [3.05, 3.63) is 80.1 Å². The summed E-state index contributed by atoms with van der Waals surface area (Å²) < 4.78 is 21.9. The SMILES string of the molecule is CNC(=O)O[C@H]1CN(C(=O)Nc2ccc(-n3ccccc3=O)cc2F)CC1CNC(=O)c1ccc(Cl)s1. The molecule has 3 N–H and O–H groups in total. The van der Waals surface area contributed by atoms with Crippen LogP contribution in [0.3, 0.4) is 0 Å². The zero-order valence-corrected chi connectivity index (χ0v) is 21.1. The number of ether oxygens (including phenoxy) is 1. The predicted molar refractivity (Wildman–Crippen MR) is 137 cm³/mol. The van der Waals surface area contributed by atoms with Crippen LogP contribution < -0.4 is 21.5 Å². The van der Waals surface area contributed by atoms with Crippen LogP contribution in [0.25, 0.3) is 5.69 Å². The van der Waals surface area contributed by atoms with Crippen molar-refractivity contribution in [2.24, 2.45) is 5.92 Å². The quantitative estimate of drug-likeness (QED) is 0.437. The second-order valence-electron chi connectivity index (χ2n) is 8.18. The van der Waals surface area contributed by atoms with Crippen molar-refractivity contribution in [3.63, 3.8) is 0 Å². The van der Waals surface area contributed by atoms with E-state index in [1.807, 2.05) is 0 Å². The maximum absolute atomic E-state index is 14.8. The van der Waals surface area contributed by atoms with Crippen molar-refractivity contribution in [2.75, 3.05) is 32.0 Å². The van der Waals surface area contributed by atoms with Gasteiger partial charge < -0.3 is 25.6 Å². The number of hydrogen-bond acceptors (Lipinski definition) is 6. The first kappa shape index (κ1) is 26.2. The average molecular weight is 548 g/mol. The van der Waals surface area contributed by atoms with Gasteiger partial charge in [0.2, 0.25) is 0 Å². The number of alkyl carbamates (subject to hydrolysis) is 1. The van der Waals surface area contributed by atoms with Crippen LogP contribution in [0.1, 0.15) is 9.67 Å². The molecule has 0 bridgehead atoms. The van der Waals surface area contributed by atoms with Crippen molar-refractivity contribution in [1.82, 2.24) is 20.1 Å². The molecule has 13 heteroatoms. The average Bonchev–Trinajstić information content (AvgIpc) is 3.50. The number of halogens is 2.